The summed E-state index contributed by atoms with van der Waals surface area (Å²) in [6, 6.07) is 0. The van der Waals surface area contributed by atoms with Crippen molar-refractivity contribution in [3.05, 3.63) is 11.1 Å². The van der Waals surface area contributed by atoms with Crippen LogP contribution in [0.3, 0.4) is 0 Å². The number of carbonyl (C=O) groups excluding carboxylic acids is 1. The first-order valence-corrected chi connectivity index (χ1v) is 9.19. The number of aromatic nitrogens is 1. The van der Waals surface area contributed by atoms with Gasteiger partial charge in [0.2, 0.25) is 0 Å². The van der Waals surface area contributed by atoms with E-state index in [4.69, 9.17) is 22.7 Å². The van der Waals surface area contributed by atoms with Crippen molar-refractivity contribution in [2.45, 2.75) is 45.1 Å². The Hall–Kier alpha value is -1.41. The molecular weight excluding hydrogens is 332 g/mol. The summed E-state index contributed by atoms with van der Waals surface area (Å²) in [4.78, 5) is 16.6. The molecule has 0 amide bonds. The molecule has 8 heteroatoms. The highest BCUT2D eigenvalue weighted by molar-refractivity contribution is 7.80. The molecule has 1 aliphatic heterocycles. The van der Waals surface area contributed by atoms with Crippen molar-refractivity contribution >= 4 is 39.8 Å². The fourth-order valence-electron chi connectivity index (χ4n) is 2.68. The van der Waals surface area contributed by atoms with Crippen molar-refractivity contribution in [1.82, 2.24) is 10.3 Å². The lowest BCUT2D eigenvalue weighted by Crippen LogP contribution is -2.32. The van der Waals surface area contributed by atoms with Gasteiger partial charge in [-0.1, -0.05) is 19.8 Å². The summed E-state index contributed by atoms with van der Waals surface area (Å²) >= 11 is 6.26. The molecule has 0 aliphatic carbocycles. The third-order valence-corrected chi connectivity index (χ3v) is 4.89. The number of esters is 1. The number of cyclic esters (lactones) is 1. The minimum Gasteiger partial charge on any atom is -0.453 e. The third kappa shape index (κ3) is 4.78. The summed E-state index contributed by atoms with van der Waals surface area (Å²) in [5.41, 5.74) is 5.58. The predicted molar refractivity (Wildman–Crippen MR) is 96.5 cm³/mol. The molecule has 0 radical (unpaired) electrons. The number of thiazole rings is 1. The van der Waals surface area contributed by atoms with Crippen molar-refractivity contribution in [3.8, 4) is 0 Å². The number of ether oxygens (including phenoxy) is 1. The number of thiocarbonyl (C=S) groups is 1. The van der Waals surface area contributed by atoms with Gasteiger partial charge in [-0.05, 0) is 25.6 Å². The summed E-state index contributed by atoms with van der Waals surface area (Å²) in [7, 11) is 0. The van der Waals surface area contributed by atoms with E-state index in [0.717, 1.165) is 30.1 Å². The average Bonchev–Trinajstić information content (AvgIpc) is 3.07. The van der Waals surface area contributed by atoms with E-state index in [9.17, 15) is 4.79 Å². The number of nitrogens with one attached hydrogen (secondary N) is 2. The van der Waals surface area contributed by atoms with Crippen molar-refractivity contribution in [1.29, 1.82) is 0 Å². The van der Waals surface area contributed by atoms with E-state index in [1.807, 2.05) is 12.3 Å². The fraction of sp³-hybridized carbons (Fsp3) is 0.667. The predicted octanol–water partition coefficient (Wildman–Crippen LogP) is 2.36. The van der Waals surface area contributed by atoms with Crippen LogP contribution in [0.2, 0.25) is 0 Å². The molecule has 1 aliphatic rings. The Labute approximate surface area is 146 Å². The third-order valence-electron chi connectivity index (χ3n) is 3.95. The summed E-state index contributed by atoms with van der Waals surface area (Å²) in [6.45, 7) is 5.38. The zero-order chi connectivity index (χ0) is 16.9. The van der Waals surface area contributed by atoms with Crippen molar-refractivity contribution in [2.75, 3.05) is 18.4 Å². The summed E-state index contributed by atoms with van der Waals surface area (Å²) in [5.74, 6) is -0.100. The molecule has 0 aromatic carbocycles. The molecule has 6 nitrogen and oxygen atoms in total. The highest BCUT2D eigenvalue weighted by atomic mass is 32.1. The van der Waals surface area contributed by atoms with Gasteiger partial charge >= 0.3 is 5.97 Å². The summed E-state index contributed by atoms with van der Waals surface area (Å²) in [5, 5.41) is 9.13. The first-order valence-electron chi connectivity index (χ1n) is 7.90. The lowest BCUT2D eigenvalue weighted by molar-refractivity contribution is -0.150. The molecule has 0 unspecified atom stereocenters. The van der Waals surface area contributed by atoms with E-state index in [2.05, 4.69) is 22.5 Å². The Morgan fingerprint density at radius 3 is 3.09 bits per heavy atom. The van der Waals surface area contributed by atoms with Crippen LogP contribution in [-0.2, 0) is 15.1 Å². The second-order valence-corrected chi connectivity index (χ2v) is 7.25. The highest BCUT2D eigenvalue weighted by Crippen LogP contribution is 2.42. The number of carbonyl (C=O) groups is 1. The van der Waals surface area contributed by atoms with Gasteiger partial charge < -0.3 is 21.1 Å². The van der Waals surface area contributed by atoms with Crippen LogP contribution in [0, 0.1) is 5.92 Å². The molecule has 2 rings (SSSR count). The van der Waals surface area contributed by atoms with Crippen molar-refractivity contribution in [2.24, 2.45) is 11.7 Å². The SMILES string of the molecule is CCCC[C@H]1C[C@](C)(c2csc(NCCNC(N)=S)n2)OC1=O. The number of rotatable bonds is 8. The number of nitrogens with zero attached hydrogens (tertiary/aromatic N) is 1. The van der Waals surface area contributed by atoms with Gasteiger partial charge in [0, 0.05) is 24.9 Å². The Morgan fingerprint density at radius 2 is 2.39 bits per heavy atom. The lowest BCUT2D eigenvalue weighted by Gasteiger charge is -2.19. The molecule has 1 saturated heterocycles. The normalized spacial score (nSPS) is 23.6. The number of unbranched alkanes of at least 4 members (excludes halogenated alkanes) is 1. The Kier molecular flexibility index (Phi) is 6.17. The number of hydrogen-bond donors (Lipinski definition) is 3. The van der Waals surface area contributed by atoms with Crippen LogP contribution in [0.25, 0.3) is 0 Å². The Bertz CT molecular complexity index is 563. The molecular formula is C15H24N4O2S2. The average molecular weight is 357 g/mol. The van der Waals surface area contributed by atoms with Crippen LogP contribution in [0.4, 0.5) is 5.13 Å². The van der Waals surface area contributed by atoms with E-state index >= 15 is 0 Å². The molecule has 2 atom stereocenters. The smallest absolute Gasteiger partial charge is 0.310 e. The molecule has 0 saturated carbocycles. The molecule has 0 spiro atoms. The van der Waals surface area contributed by atoms with Crippen LogP contribution in [0.1, 0.15) is 45.2 Å². The van der Waals surface area contributed by atoms with Gasteiger partial charge in [0.15, 0.2) is 15.8 Å². The van der Waals surface area contributed by atoms with Crippen molar-refractivity contribution in [3.63, 3.8) is 0 Å². The molecule has 1 aromatic rings. The first-order chi connectivity index (χ1) is 10.9. The lowest BCUT2D eigenvalue weighted by atomic mass is 9.90. The molecule has 0 bridgehead atoms. The van der Waals surface area contributed by atoms with Crippen LogP contribution >= 0.6 is 23.6 Å². The second-order valence-electron chi connectivity index (χ2n) is 5.95. The van der Waals surface area contributed by atoms with Gasteiger partial charge in [-0.25, -0.2) is 4.98 Å². The van der Waals surface area contributed by atoms with Gasteiger partial charge in [-0.3, -0.25) is 4.79 Å². The monoisotopic (exact) mass is 356 g/mol. The molecule has 2 heterocycles. The van der Waals surface area contributed by atoms with E-state index in [-0.39, 0.29) is 17.0 Å². The van der Waals surface area contributed by atoms with Crippen LogP contribution in [-0.4, -0.2) is 29.2 Å². The summed E-state index contributed by atoms with van der Waals surface area (Å²) in [6.07, 6.45) is 3.74. The Morgan fingerprint density at radius 1 is 1.61 bits per heavy atom. The molecule has 23 heavy (non-hydrogen) atoms. The maximum atomic E-state index is 12.1. The zero-order valence-corrected chi connectivity index (χ0v) is 15.2. The maximum Gasteiger partial charge on any atom is 0.310 e. The van der Waals surface area contributed by atoms with Gasteiger partial charge in [0.25, 0.3) is 0 Å². The minimum absolute atomic E-state index is 0.00664. The zero-order valence-electron chi connectivity index (χ0n) is 13.6. The standard InChI is InChI=1S/C15H24N4O2S2/c1-3-4-5-10-8-15(2,21-12(10)20)11-9-23-14(19-11)18-7-6-17-13(16)22/h9-10H,3-8H2,1-2H3,(H,18,19)(H3,16,17,22)/t10-,15+/m0/s1. The topological polar surface area (TPSA) is 89.3 Å². The van der Waals surface area contributed by atoms with Crippen LogP contribution in [0.15, 0.2) is 5.38 Å². The van der Waals surface area contributed by atoms with Gasteiger partial charge in [-0.2, -0.15) is 0 Å². The maximum absolute atomic E-state index is 12.1. The number of hydrogen-bond acceptors (Lipinski definition) is 6. The van der Waals surface area contributed by atoms with E-state index < -0.39 is 5.60 Å². The van der Waals surface area contributed by atoms with Gasteiger partial charge in [0.05, 0.1) is 11.6 Å². The molecule has 128 valence electrons. The van der Waals surface area contributed by atoms with Gasteiger partial charge in [-0.15, -0.1) is 11.3 Å². The van der Waals surface area contributed by atoms with Crippen LogP contribution < -0.4 is 16.4 Å². The second kappa shape index (κ2) is 7.92. The number of nitrogens with two attached hydrogens (primary N) is 1. The van der Waals surface area contributed by atoms with Crippen LogP contribution in [0.5, 0.6) is 0 Å². The number of anilines is 1. The molecule has 1 fully saturated rings. The van der Waals surface area contributed by atoms with E-state index in [1.165, 1.54) is 11.3 Å². The minimum atomic E-state index is -0.608. The molecule has 4 N–H and O–H groups in total. The van der Waals surface area contributed by atoms with E-state index in [0.29, 0.717) is 19.5 Å². The quantitative estimate of drug-likeness (QED) is 0.374. The molecule has 1 aromatic heterocycles. The van der Waals surface area contributed by atoms with E-state index in [1.54, 1.807) is 0 Å². The van der Waals surface area contributed by atoms with Gasteiger partial charge in [0.1, 0.15) is 0 Å². The highest BCUT2D eigenvalue weighted by Gasteiger charge is 2.45. The fourth-order valence-corrected chi connectivity index (χ4v) is 3.64. The largest absolute Gasteiger partial charge is 0.453 e. The van der Waals surface area contributed by atoms with Crippen molar-refractivity contribution < 1.29 is 9.53 Å². The summed E-state index contributed by atoms with van der Waals surface area (Å²) < 4.78 is 5.65. The Balaban J connectivity index is 1.91. The first kappa shape index (κ1) is 17.9.